The van der Waals surface area contributed by atoms with Gasteiger partial charge < -0.3 is 10.4 Å². The third-order valence-electron chi connectivity index (χ3n) is 3.87. The number of aromatic nitrogens is 2. The molecule has 2 aliphatic rings. The van der Waals surface area contributed by atoms with Gasteiger partial charge in [0.15, 0.2) is 0 Å². The monoisotopic (exact) mass is 367 g/mol. The highest BCUT2D eigenvalue weighted by atomic mass is 32.2. The highest BCUT2D eigenvalue weighted by molar-refractivity contribution is 8.00. The molecule has 1 saturated heterocycles. The zero-order valence-electron chi connectivity index (χ0n) is 13.1. The molecule has 1 aromatic rings. The van der Waals surface area contributed by atoms with E-state index in [0.29, 0.717) is 11.3 Å². The van der Waals surface area contributed by atoms with Gasteiger partial charge in [0.05, 0.1) is 4.92 Å². The van der Waals surface area contributed by atoms with Gasteiger partial charge in [-0.05, 0) is 12.5 Å². The standard InChI is InChI=1S/C13H13N5O6S/c1-5-4-25-12-8(11(20)17(12)9(5)13(21)22)14-10(19)7-6(18(23)24)3-16(2)15-7/h3,8,12H,4H2,1-2H3,(H,14,19)(H,21,22)/t8-,12+/m0/s1. The number of hydrogen-bond acceptors (Lipinski definition) is 7. The fourth-order valence-electron chi connectivity index (χ4n) is 2.76. The molecular weight excluding hydrogens is 354 g/mol. The fraction of sp³-hybridized carbons (Fsp3) is 0.385. The summed E-state index contributed by atoms with van der Waals surface area (Å²) in [6, 6.07) is -0.957. The smallest absolute Gasteiger partial charge is 0.352 e. The van der Waals surface area contributed by atoms with Crippen LogP contribution < -0.4 is 5.32 Å². The third kappa shape index (κ3) is 2.63. The molecule has 0 unspecified atom stereocenters. The molecule has 3 rings (SSSR count). The summed E-state index contributed by atoms with van der Waals surface area (Å²) in [6.45, 7) is 1.63. The van der Waals surface area contributed by atoms with Crippen molar-refractivity contribution in [3.63, 3.8) is 0 Å². The van der Waals surface area contributed by atoms with Gasteiger partial charge in [0.1, 0.15) is 23.3 Å². The molecule has 1 fully saturated rings. The summed E-state index contributed by atoms with van der Waals surface area (Å²) < 4.78 is 1.13. The van der Waals surface area contributed by atoms with Crippen molar-refractivity contribution < 1.29 is 24.4 Å². The maximum Gasteiger partial charge on any atom is 0.352 e. The van der Waals surface area contributed by atoms with Crippen molar-refractivity contribution in [2.75, 3.05) is 5.75 Å². The van der Waals surface area contributed by atoms with E-state index in [-0.39, 0.29) is 5.70 Å². The summed E-state index contributed by atoms with van der Waals surface area (Å²) in [5, 5.41) is 25.8. The number of aryl methyl sites for hydroxylation is 1. The van der Waals surface area contributed by atoms with Crippen LogP contribution >= 0.6 is 11.8 Å². The molecule has 11 nitrogen and oxygen atoms in total. The van der Waals surface area contributed by atoms with Crippen LogP contribution in [0.15, 0.2) is 17.5 Å². The molecule has 0 saturated carbocycles. The van der Waals surface area contributed by atoms with Crippen molar-refractivity contribution in [2.24, 2.45) is 7.05 Å². The second kappa shape index (κ2) is 5.88. The summed E-state index contributed by atoms with van der Waals surface area (Å²) in [7, 11) is 1.43. The fourth-order valence-corrected chi connectivity index (χ4v) is 4.05. The number of carboxylic acid groups (broad SMARTS) is 1. The summed E-state index contributed by atoms with van der Waals surface area (Å²) in [6.07, 6.45) is 1.09. The van der Waals surface area contributed by atoms with Crippen LogP contribution in [0, 0.1) is 10.1 Å². The number of nitro groups is 1. The van der Waals surface area contributed by atoms with Gasteiger partial charge in [-0.2, -0.15) is 5.10 Å². The lowest BCUT2D eigenvalue weighted by atomic mass is 10.0. The molecule has 2 N–H and O–H groups in total. The van der Waals surface area contributed by atoms with E-state index in [4.69, 9.17) is 0 Å². The highest BCUT2D eigenvalue weighted by Crippen LogP contribution is 2.40. The van der Waals surface area contributed by atoms with E-state index < -0.39 is 45.5 Å². The van der Waals surface area contributed by atoms with Crippen molar-refractivity contribution in [3.05, 3.63) is 33.3 Å². The zero-order valence-corrected chi connectivity index (χ0v) is 13.9. The molecule has 2 aliphatic heterocycles. The number of thioether (sulfide) groups is 1. The van der Waals surface area contributed by atoms with E-state index in [9.17, 15) is 29.6 Å². The van der Waals surface area contributed by atoms with E-state index in [2.05, 4.69) is 10.4 Å². The number of carboxylic acids is 1. The van der Waals surface area contributed by atoms with Crippen molar-refractivity contribution in [3.8, 4) is 0 Å². The van der Waals surface area contributed by atoms with Crippen LogP contribution in [0.4, 0.5) is 5.69 Å². The topological polar surface area (TPSA) is 148 Å². The van der Waals surface area contributed by atoms with E-state index >= 15 is 0 Å². The van der Waals surface area contributed by atoms with Crippen LogP contribution in [-0.2, 0) is 16.6 Å². The van der Waals surface area contributed by atoms with Crippen LogP contribution in [0.2, 0.25) is 0 Å². The molecule has 0 bridgehead atoms. The molecule has 2 atom stereocenters. The van der Waals surface area contributed by atoms with Gasteiger partial charge in [-0.3, -0.25) is 29.3 Å². The Morgan fingerprint density at radius 1 is 1.52 bits per heavy atom. The zero-order chi connectivity index (χ0) is 18.5. The molecule has 3 heterocycles. The van der Waals surface area contributed by atoms with Crippen LogP contribution in [-0.4, -0.2) is 59.7 Å². The normalized spacial score (nSPS) is 22.3. The molecule has 0 aliphatic carbocycles. The lowest BCUT2D eigenvalue weighted by Crippen LogP contribution is -2.70. The Morgan fingerprint density at radius 3 is 2.80 bits per heavy atom. The van der Waals surface area contributed by atoms with Gasteiger partial charge in [-0.15, -0.1) is 11.8 Å². The minimum Gasteiger partial charge on any atom is -0.477 e. The summed E-state index contributed by atoms with van der Waals surface area (Å²) >= 11 is 1.32. The predicted octanol–water partition coefficient (Wildman–Crippen LogP) is -0.300. The first-order chi connectivity index (χ1) is 11.7. The van der Waals surface area contributed by atoms with Crippen LogP contribution in [0.25, 0.3) is 0 Å². The molecule has 0 spiro atoms. The average molecular weight is 367 g/mol. The second-order valence-electron chi connectivity index (χ2n) is 5.59. The van der Waals surface area contributed by atoms with Crippen LogP contribution in [0.5, 0.6) is 0 Å². The number of hydrogen-bond donors (Lipinski definition) is 2. The van der Waals surface area contributed by atoms with E-state index in [1.807, 2.05) is 0 Å². The van der Waals surface area contributed by atoms with Gasteiger partial charge in [0.25, 0.3) is 11.8 Å². The molecule has 12 heteroatoms. The van der Waals surface area contributed by atoms with Crippen LogP contribution in [0.3, 0.4) is 0 Å². The first-order valence-corrected chi connectivity index (χ1v) is 8.14. The minimum absolute atomic E-state index is 0.0805. The Bertz CT molecular complexity index is 846. The number of rotatable bonds is 4. The maximum absolute atomic E-state index is 12.3. The van der Waals surface area contributed by atoms with Crippen molar-refractivity contribution in [1.29, 1.82) is 0 Å². The Kier molecular flexibility index (Phi) is 3.99. The Morgan fingerprint density at radius 2 is 2.20 bits per heavy atom. The molecule has 1 aromatic heterocycles. The van der Waals surface area contributed by atoms with Crippen molar-refractivity contribution >= 4 is 35.2 Å². The Labute approximate surface area is 144 Å². The molecule has 2 amide bonds. The largest absolute Gasteiger partial charge is 0.477 e. The second-order valence-corrected chi connectivity index (χ2v) is 6.69. The summed E-state index contributed by atoms with van der Waals surface area (Å²) in [4.78, 5) is 47.3. The molecular formula is C13H13N5O6S. The number of aliphatic carboxylic acids is 1. The number of carbonyl (C=O) groups is 3. The van der Waals surface area contributed by atoms with E-state index in [1.165, 1.54) is 18.8 Å². The lowest BCUT2D eigenvalue weighted by molar-refractivity contribution is -0.385. The first kappa shape index (κ1) is 17.0. The minimum atomic E-state index is -1.21. The molecule has 25 heavy (non-hydrogen) atoms. The van der Waals surface area contributed by atoms with Crippen molar-refractivity contribution in [2.45, 2.75) is 18.3 Å². The van der Waals surface area contributed by atoms with Gasteiger partial charge in [-0.25, -0.2) is 4.79 Å². The quantitative estimate of drug-likeness (QED) is 0.419. The lowest BCUT2D eigenvalue weighted by Gasteiger charge is -2.49. The SMILES string of the molecule is CC1=C(C(=O)O)N2C(=O)[C@H](NC(=O)c3nn(C)cc3[N+](=O)[O-])[C@H]2SC1. The van der Waals surface area contributed by atoms with E-state index in [0.717, 1.165) is 15.8 Å². The number of β-lactam (4-membered cyclic amide) rings is 1. The maximum atomic E-state index is 12.3. The number of nitrogens with one attached hydrogen (secondary N) is 1. The van der Waals surface area contributed by atoms with E-state index in [1.54, 1.807) is 6.92 Å². The van der Waals surface area contributed by atoms with Gasteiger partial charge in [0, 0.05) is 12.8 Å². The average Bonchev–Trinajstić information content (AvgIpc) is 2.94. The number of nitrogens with zero attached hydrogens (tertiary/aromatic N) is 4. The Balaban J connectivity index is 1.80. The number of carbonyl (C=O) groups excluding carboxylic acids is 2. The van der Waals surface area contributed by atoms with Crippen LogP contribution in [0.1, 0.15) is 17.4 Å². The van der Waals surface area contributed by atoms with Gasteiger partial charge in [0.2, 0.25) is 5.69 Å². The molecule has 132 valence electrons. The van der Waals surface area contributed by atoms with Gasteiger partial charge >= 0.3 is 11.7 Å². The van der Waals surface area contributed by atoms with Gasteiger partial charge in [-0.1, -0.05) is 0 Å². The first-order valence-electron chi connectivity index (χ1n) is 7.09. The third-order valence-corrected chi connectivity index (χ3v) is 5.29. The summed E-state index contributed by atoms with van der Waals surface area (Å²) in [5.41, 5.74) is -0.387. The highest BCUT2D eigenvalue weighted by Gasteiger charge is 2.54. The predicted molar refractivity (Wildman–Crippen MR) is 84.5 cm³/mol. The number of fused-ring (bicyclic) bond motifs is 1. The van der Waals surface area contributed by atoms with Crippen molar-refractivity contribution in [1.82, 2.24) is 20.0 Å². The Hall–Kier alpha value is -2.89. The number of amides is 2. The molecule has 0 radical (unpaired) electrons. The summed E-state index contributed by atoms with van der Waals surface area (Å²) in [5.74, 6) is -2.22. The molecule has 0 aromatic carbocycles.